The van der Waals surface area contributed by atoms with Gasteiger partial charge in [0, 0.05) is 26.7 Å². The number of carbonyl (C=O) groups excluding carboxylic acids is 2. The van der Waals surface area contributed by atoms with Crippen molar-refractivity contribution in [3.8, 4) is 0 Å². The van der Waals surface area contributed by atoms with Crippen molar-refractivity contribution < 1.29 is 22.3 Å². The molecule has 114 valence electrons. The summed E-state index contributed by atoms with van der Waals surface area (Å²) in [4.78, 5) is 24.7. The van der Waals surface area contributed by atoms with Gasteiger partial charge in [0.25, 0.3) is 0 Å². The molecule has 2 aromatic rings. The third-order valence-corrected chi connectivity index (χ3v) is 5.06. The van der Waals surface area contributed by atoms with E-state index in [0.29, 0.717) is 0 Å². The van der Waals surface area contributed by atoms with E-state index in [2.05, 4.69) is 20.2 Å². The first-order valence-corrected chi connectivity index (χ1v) is 8.22. The van der Waals surface area contributed by atoms with E-state index in [-0.39, 0.29) is 67.0 Å². The summed E-state index contributed by atoms with van der Waals surface area (Å²) < 4.78 is 27.6. The van der Waals surface area contributed by atoms with Crippen LogP contribution < -0.4 is 5.90 Å². The number of rotatable bonds is 2. The number of hydrogen-bond donors (Lipinski definition) is 1. The topological polar surface area (TPSA) is 104 Å². The number of nitrogens with two attached hydrogens (primary N) is 1. The first-order valence-electron chi connectivity index (χ1n) is 6.02. The van der Waals surface area contributed by atoms with Gasteiger partial charge in [-0.25, -0.2) is 0 Å². The Morgan fingerprint density at radius 2 is 1.52 bits per heavy atom. The molecule has 0 bridgehead atoms. The van der Waals surface area contributed by atoms with Crippen LogP contribution in [0, 0.1) is 0 Å². The van der Waals surface area contributed by atoms with Gasteiger partial charge in [0.05, 0.1) is 4.90 Å². The van der Waals surface area contributed by atoms with Crippen molar-refractivity contribution in [2.45, 2.75) is 4.90 Å². The van der Waals surface area contributed by atoms with Crippen LogP contribution in [0.4, 0.5) is 0 Å². The van der Waals surface area contributed by atoms with Crippen molar-refractivity contribution >= 4 is 67.2 Å². The zero-order valence-electron chi connectivity index (χ0n) is 10.9. The average molecular weight is 406 g/mol. The van der Waals surface area contributed by atoms with E-state index in [9.17, 15) is 18.0 Å². The molecule has 23 heavy (non-hydrogen) atoms. The Kier molecular flexibility index (Phi) is 5.27. The molecule has 0 spiro atoms. The van der Waals surface area contributed by atoms with Crippen LogP contribution in [-0.4, -0.2) is 49.5 Å². The van der Waals surface area contributed by atoms with E-state index in [1.165, 1.54) is 12.1 Å². The molecule has 2 N–H and O–H groups in total. The summed E-state index contributed by atoms with van der Waals surface area (Å²) in [5.74, 6) is 3.97. The Morgan fingerprint density at radius 1 is 0.957 bits per heavy atom. The minimum atomic E-state index is -4.19. The van der Waals surface area contributed by atoms with Gasteiger partial charge in [-0.3, -0.25) is 9.59 Å². The molecule has 2 aromatic carbocycles. The molecule has 0 atom stereocenters. The van der Waals surface area contributed by atoms with Gasteiger partial charge in [0.15, 0.2) is 11.6 Å². The van der Waals surface area contributed by atoms with Crippen LogP contribution in [0.2, 0.25) is 0 Å². The number of fused-ring (bicyclic) bond motifs is 2. The van der Waals surface area contributed by atoms with Crippen molar-refractivity contribution in [2.24, 2.45) is 5.90 Å². The first-order chi connectivity index (χ1) is 10.4. The summed E-state index contributed by atoms with van der Waals surface area (Å²) in [7, 11) is -4.19. The molecular weight excluding hydrogens is 397 g/mol. The van der Waals surface area contributed by atoms with E-state index in [1.54, 1.807) is 18.2 Å². The fourth-order valence-electron chi connectivity index (χ4n) is 2.35. The van der Waals surface area contributed by atoms with Crippen molar-refractivity contribution in [3.05, 3.63) is 63.1 Å². The Bertz CT molecular complexity index is 942. The molecule has 6 nitrogen and oxygen atoms in total. The van der Waals surface area contributed by atoms with E-state index in [4.69, 9.17) is 5.90 Å². The van der Waals surface area contributed by atoms with Gasteiger partial charge in [-0.2, -0.15) is 18.6 Å². The zero-order chi connectivity index (χ0) is 16.1. The van der Waals surface area contributed by atoms with E-state index in [1.807, 2.05) is 0 Å². The van der Waals surface area contributed by atoms with E-state index >= 15 is 0 Å². The number of halogens is 1. The molecule has 0 amide bonds. The minimum absolute atomic E-state index is 0. The predicted octanol–water partition coefficient (Wildman–Crippen LogP) is 1.16. The summed E-state index contributed by atoms with van der Waals surface area (Å²) in [6, 6.07) is 8.64. The van der Waals surface area contributed by atoms with Crippen LogP contribution >= 0.6 is 15.9 Å². The van der Waals surface area contributed by atoms with Gasteiger partial charge < -0.3 is 0 Å². The third-order valence-electron chi connectivity index (χ3n) is 3.37. The van der Waals surface area contributed by atoms with Crippen LogP contribution in [0.3, 0.4) is 0 Å². The SMILES string of the molecule is NOS(=O)(=O)c1cc(Br)c2c(c1)C(=O)c1ccccc1C2=O.[NaH]. The van der Waals surface area contributed by atoms with Crippen LogP contribution in [0.25, 0.3) is 0 Å². The monoisotopic (exact) mass is 405 g/mol. The number of hydrogen-bond acceptors (Lipinski definition) is 6. The number of benzene rings is 2. The molecule has 1 aliphatic rings. The van der Waals surface area contributed by atoms with Crippen LogP contribution in [0.1, 0.15) is 31.8 Å². The Labute approximate surface area is 162 Å². The molecule has 3 rings (SSSR count). The Morgan fingerprint density at radius 3 is 2.09 bits per heavy atom. The molecule has 0 saturated carbocycles. The standard InChI is InChI=1S/C14H8BrNO5S.Na.H/c15-11-6-7(22(19,20)21-16)5-10-12(11)14(18)9-4-2-1-3-8(9)13(10)17;;/h1-6H,16H2;;. The van der Waals surface area contributed by atoms with Gasteiger partial charge >= 0.3 is 39.7 Å². The zero-order valence-corrected chi connectivity index (χ0v) is 13.3. The molecule has 0 fully saturated rings. The van der Waals surface area contributed by atoms with Crippen LogP contribution in [-0.2, 0) is 14.4 Å². The normalized spacial score (nSPS) is 13.1. The van der Waals surface area contributed by atoms with Gasteiger partial charge in [0.2, 0.25) is 0 Å². The molecule has 9 heteroatoms. The van der Waals surface area contributed by atoms with Crippen molar-refractivity contribution in [1.82, 2.24) is 0 Å². The van der Waals surface area contributed by atoms with Gasteiger partial charge in [-0.1, -0.05) is 24.3 Å². The van der Waals surface area contributed by atoms with Crippen LogP contribution in [0.15, 0.2) is 45.8 Å². The number of carbonyl (C=O) groups is 2. The summed E-state index contributed by atoms with van der Waals surface area (Å²) in [5.41, 5.74) is 0.634. The average Bonchev–Trinajstić information content (AvgIpc) is 2.52. The maximum absolute atomic E-state index is 12.5. The second-order valence-corrected chi connectivity index (χ2v) is 7.01. The molecule has 0 heterocycles. The summed E-state index contributed by atoms with van der Waals surface area (Å²) in [6.07, 6.45) is 0. The molecule has 0 aromatic heterocycles. The predicted molar refractivity (Wildman–Crippen MR) is 87.1 cm³/mol. The molecule has 0 saturated heterocycles. The van der Waals surface area contributed by atoms with Crippen molar-refractivity contribution in [3.63, 3.8) is 0 Å². The third kappa shape index (κ3) is 2.96. The summed E-state index contributed by atoms with van der Waals surface area (Å²) in [5, 5.41) is 0. The summed E-state index contributed by atoms with van der Waals surface area (Å²) >= 11 is 3.14. The molecule has 0 unspecified atom stereocenters. The fourth-order valence-corrected chi connectivity index (χ4v) is 3.78. The van der Waals surface area contributed by atoms with E-state index in [0.717, 1.165) is 6.07 Å². The fraction of sp³-hybridized carbons (Fsp3) is 0. The molecule has 0 aliphatic heterocycles. The Balaban J connectivity index is 0.00000192. The van der Waals surface area contributed by atoms with Gasteiger partial charge in [0.1, 0.15) is 0 Å². The number of ketones is 2. The van der Waals surface area contributed by atoms with Crippen molar-refractivity contribution in [2.75, 3.05) is 0 Å². The Hall–Kier alpha value is -0.870. The maximum atomic E-state index is 12.5. The van der Waals surface area contributed by atoms with E-state index < -0.39 is 15.9 Å². The van der Waals surface area contributed by atoms with Crippen LogP contribution in [0.5, 0.6) is 0 Å². The summed E-state index contributed by atoms with van der Waals surface area (Å²) in [6.45, 7) is 0. The quantitative estimate of drug-likeness (QED) is 0.506. The van der Waals surface area contributed by atoms with Crippen molar-refractivity contribution in [1.29, 1.82) is 0 Å². The molecular formula is C14H9BrNNaO5S. The molecule has 0 radical (unpaired) electrons. The van der Waals surface area contributed by atoms with Gasteiger partial charge in [-0.15, -0.1) is 0 Å². The second-order valence-electron chi connectivity index (χ2n) is 4.58. The molecule has 1 aliphatic carbocycles. The first kappa shape index (κ1) is 18.5. The second kappa shape index (κ2) is 6.56. The van der Waals surface area contributed by atoms with Gasteiger partial charge in [-0.05, 0) is 28.1 Å².